The van der Waals surface area contributed by atoms with Crippen molar-refractivity contribution in [2.75, 3.05) is 0 Å². The highest BCUT2D eigenvalue weighted by atomic mass is 35.5. The molecule has 148 valence electrons. The lowest BCUT2D eigenvalue weighted by atomic mass is 9.47. The standard InChI is InChI=1S/C22H24ClNO3S/c23-17-3-1-16(2-4-17)20-24-18(12-28-20)11-27-19(25)10-21-6-14-5-15(7-21)9-22(26,8-14)13-21/h1-4,12,14-15,26H,5-11,13H2/t14-,15+,21?,22?. The number of benzene rings is 1. The molecule has 4 aliphatic carbocycles. The average molecular weight is 418 g/mol. The van der Waals surface area contributed by atoms with Crippen LogP contribution in [0.5, 0.6) is 0 Å². The number of aliphatic hydroxyl groups is 1. The van der Waals surface area contributed by atoms with Crippen LogP contribution in [0.3, 0.4) is 0 Å². The summed E-state index contributed by atoms with van der Waals surface area (Å²) in [4.78, 5) is 17.2. The molecule has 2 aromatic rings. The largest absolute Gasteiger partial charge is 0.459 e. The minimum absolute atomic E-state index is 0.0491. The molecule has 1 heterocycles. The van der Waals surface area contributed by atoms with Crippen LogP contribution in [0, 0.1) is 17.3 Å². The summed E-state index contributed by atoms with van der Waals surface area (Å²) < 4.78 is 5.57. The van der Waals surface area contributed by atoms with E-state index in [1.807, 2.05) is 29.6 Å². The summed E-state index contributed by atoms with van der Waals surface area (Å²) in [6.07, 6.45) is 6.40. The first-order chi connectivity index (χ1) is 13.4. The number of thiazole rings is 1. The van der Waals surface area contributed by atoms with E-state index in [1.165, 1.54) is 17.8 Å². The van der Waals surface area contributed by atoms with Crippen LogP contribution in [-0.4, -0.2) is 21.7 Å². The number of hydrogen-bond acceptors (Lipinski definition) is 5. The zero-order valence-corrected chi connectivity index (χ0v) is 17.3. The van der Waals surface area contributed by atoms with Crippen LogP contribution in [0.25, 0.3) is 10.6 Å². The maximum Gasteiger partial charge on any atom is 0.306 e. The monoisotopic (exact) mass is 417 g/mol. The molecule has 0 spiro atoms. The lowest BCUT2D eigenvalue weighted by Gasteiger charge is -2.60. The quantitative estimate of drug-likeness (QED) is 0.677. The topological polar surface area (TPSA) is 59.4 Å². The second-order valence-electron chi connectivity index (χ2n) is 9.17. The van der Waals surface area contributed by atoms with Crippen LogP contribution >= 0.6 is 22.9 Å². The fourth-order valence-electron chi connectivity index (χ4n) is 6.22. The Labute approximate surface area is 173 Å². The summed E-state index contributed by atoms with van der Waals surface area (Å²) in [6, 6.07) is 7.57. The molecule has 4 aliphatic rings. The van der Waals surface area contributed by atoms with Gasteiger partial charge in [0.1, 0.15) is 11.6 Å². The summed E-state index contributed by atoms with van der Waals surface area (Å²) in [5.74, 6) is 1.01. The van der Waals surface area contributed by atoms with E-state index in [-0.39, 0.29) is 18.0 Å². The van der Waals surface area contributed by atoms with Gasteiger partial charge >= 0.3 is 5.97 Å². The SMILES string of the molecule is O=C(CC12C[C@@H]3C[C@@H](CC(O)(C3)C1)C2)OCc1csc(-c2ccc(Cl)cc2)n1. The zero-order chi connectivity index (χ0) is 19.4. The van der Waals surface area contributed by atoms with Gasteiger partial charge in [-0.1, -0.05) is 23.7 Å². The smallest absolute Gasteiger partial charge is 0.306 e. The highest BCUT2D eigenvalue weighted by molar-refractivity contribution is 7.13. The Kier molecular flexibility index (Phi) is 4.53. The predicted octanol–water partition coefficient (Wildman–Crippen LogP) is 5.23. The average Bonchev–Trinajstić information content (AvgIpc) is 3.07. The van der Waals surface area contributed by atoms with Gasteiger partial charge in [-0.15, -0.1) is 11.3 Å². The Hall–Kier alpha value is -1.43. The van der Waals surface area contributed by atoms with Crippen LogP contribution < -0.4 is 0 Å². The number of esters is 1. The molecule has 0 aliphatic heterocycles. The number of ether oxygens (including phenoxy) is 1. The van der Waals surface area contributed by atoms with Crippen molar-refractivity contribution in [2.45, 2.75) is 57.2 Å². The van der Waals surface area contributed by atoms with Gasteiger partial charge < -0.3 is 9.84 Å². The Balaban J connectivity index is 1.20. The normalized spacial score (nSPS) is 33.2. The molecule has 1 aromatic heterocycles. The molecular weight excluding hydrogens is 394 g/mol. The predicted molar refractivity (Wildman–Crippen MR) is 109 cm³/mol. The molecule has 4 nitrogen and oxygen atoms in total. The molecule has 0 saturated heterocycles. The highest BCUT2D eigenvalue weighted by Gasteiger charge is 2.57. The molecule has 0 radical (unpaired) electrons. The van der Waals surface area contributed by atoms with Crippen LogP contribution in [0.1, 0.15) is 50.6 Å². The third-order valence-electron chi connectivity index (χ3n) is 6.69. The second-order valence-corrected chi connectivity index (χ2v) is 10.5. The highest BCUT2D eigenvalue weighted by Crippen LogP contribution is 2.62. The van der Waals surface area contributed by atoms with Gasteiger partial charge in [0.15, 0.2) is 0 Å². The molecule has 0 amide bonds. The minimum Gasteiger partial charge on any atom is -0.459 e. The van der Waals surface area contributed by atoms with E-state index in [9.17, 15) is 9.90 Å². The molecule has 2 unspecified atom stereocenters. The van der Waals surface area contributed by atoms with Gasteiger partial charge in [-0.25, -0.2) is 4.98 Å². The molecule has 6 heteroatoms. The molecule has 6 rings (SSSR count). The molecule has 4 bridgehead atoms. The van der Waals surface area contributed by atoms with Crippen molar-refractivity contribution in [3.63, 3.8) is 0 Å². The molecule has 1 aromatic carbocycles. The van der Waals surface area contributed by atoms with Gasteiger partial charge in [-0.3, -0.25) is 4.79 Å². The van der Waals surface area contributed by atoms with Crippen molar-refractivity contribution in [2.24, 2.45) is 17.3 Å². The lowest BCUT2D eigenvalue weighted by Crippen LogP contribution is -2.56. The van der Waals surface area contributed by atoms with Crippen molar-refractivity contribution in [1.82, 2.24) is 4.98 Å². The first kappa shape index (κ1) is 18.6. The number of nitrogens with zero attached hydrogens (tertiary/aromatic N) is 1. The first-order valence-corrected chi connectivity index (χ1v) is 11.2. The van der Waals surface area contributed by atoms with E-state index in [2.05, 4.69) is 4.98 Å². The summed E-state index contributed by atoms with van der Waals surface area (Å²) in [7, 11) is 0. The molecule has 1 N–H and O–H groups in total. The van der Waals surface area contributed by atoms with Gasteiger partial charge in [0, 0.05) is 16.0 Å². The fraction of sp³-hybridized carbons (Fsp3) is 0.545. The van der Waals surface area contributed by atoms with Crippen molar-refractivity contribution in [1.29, 1.82) is 0 Å². The van der Waals surface area contributed by atoms with Gasteiger partial charge in [0.05, 0.1) is 17.7 Å². The molecule has 28 heavy (non-hydrogen) atoms. The molecule has 4 fully saturated rings. The number of halogens is 1. The molecule has 4 saturated carbocycles. The summed E-state index contributed by atoms with van der Waals surface area (Å²) in [6.45, 7) is 0.204. The van der Waals surface area contributed by atoms with Crippen LogP contribution in [0.2, 0.25) is 5.02 Å². The molecule has 4 atom stereocenters. The number of rotatable bonds is 5. The second kappa shape index (κ2) is 6.82. The van der Waals surface area contributed by atoms with Crippen molar-refractivity contribution >= 4 is 28.9 Å². The van der Waals surface area contributed by atoms with E-state index in [1.54, 1.807) is 0 Å². The van der Waals surface area contributed by atoms with Crippen molar-refractivity contribution in [3.8, 4) is 10.6 Å². The Bertz CT molecular complexity index is 879. The zero-order valence-electron chi connectivity index (χ0n) is 15.7. The Morgan fingerprint density at radius 1 is 1.21 bits per heavy atom. The maximum absolute atomic E-state index is 12.6. The number of carbonyl (C=O) groups excluding carboxylic acids is 1. The van der Waals surface area contributed by atoms with Crippen LogP contribution in [0.15, 0.2) is 29.6 Å². The summed E-state index contributed by atoms with van der Waals surface area (Å²) >= 11 is 7.47. The maximum atomic E-state index is 12.6. The number of hydrogen-bond donors (Lipinski definition) is 1. The van der Waals surface area contributed by atoms with Gasteiger partial charge in [-0.2, -0.15) is 0 Å². The van der Waals surface area contributed by atoms with Gasteiger partial charge in [-0.05, 0) is 67.9 Å². The Morgan fingerprint density at radius 3 is 2.61 bits per heavy atom. The summed E-state index contributed by atoms with van der Waals surface area (Å²) in [5.41, 5.74) is 1.19. The minimum atomic E-state index is -0.535. The fourth-order valence-corrected chi connectivity index (χ4v) is 7.16. The van der Waals surface area contributed by atoms with E-state index >= 15 is 0 Å². The van der Waals surface area contributed by atoms with Crippen LogP contribution in [-0.2, 0) is 16.1 Å². The Morgan fingerprint density at radius 2 is 1.93 bits per heavy atom. The third-order valence-corrected chi connectivity index (χ3v) is 7.89. The van der Waals surface area contributed by atoms with Crippen molar-refractivity contribution < 1.29 is 14.6 Å². The lowest BCUT2D eigenvalue weighted by molar-refractivity contribution is -0.177. The third kappa shape index (κ3) is 3.60. The molecular formula is C22H24ClNO3S. The van der Waals surface area contributed by atoms with E-state index < -0.39 is 5.60 Å². The van der Waals surface area contributed by atoms with E-state index in [0.717, 1.165) is 48.4 Å². The number of carbonyl (C=O) groups is 1. The van der Waals surface area contributed by atoms with E-state index in [4.69, 9.17) is 16.3 Å². The van der Waals surface area contributed by atoms with Crippen molar-refractivity contribution in [3.05, 3.63) is 40.4 Å². The van der Waals surface area contributed by atoms with Gasteiger partial charge in [0.2, 0.25) is 0 Å². The first-order valence-electron chi connectivity index (χ1n) is 9.99. The van der Waals surface area contributed by atoms with Gasteiger partial charge in [0.25, 0.3) is 0 Å². The van der Waals surface area contributed by atoms with E-state index in [0.29, 0.717) is 23.3 Å². The summed E-state index contributed by atoms with van der Waals surface area (Å²) in [5, 5.41) is 14.4. The number of aromatic nitrogens is 1. The van der Waals surface area contributed by atoms with Crippen LogP contribution in [0.4, 0.5) is 0 Å².